The topological polar surface area (TPSA) is 54.0 Å². The van der Waals surface area contributed by atoms with E-state index in [0.717, 1.165) is 43.7 Å². The molecule has 0 radical (unpaired) electrons. The Balaban J connectivity index is 1.25. The first-order chi connectivity index (χ1) is 12.3. The van der Waals surface area contributed by atoms with Crippen LogP contribution in [0.15, 0.2) is 18.2 Å². The normalized spacial score (nSPS) is 22.1. The zero-order valence-electron chi connectivity index (χ0n) is 14.7. The summed E-state index contributed by atoms with van der Waals surface area (Å²) in [4.78, 5) is 17.2. The number of benzene rings is 1. The molecule has 25 heavy (non-hydrogen) atoms. The number of ether oxygens (including phenoxy) is 2. The molecule has 4 rings (SSSR count). The van der Waals surface area contributed by atoms with Crippen LogP contribution in [0.1, 0.15) is 25.7 Å². The van der Waals surface area contributed by atoms with Crippen molar-refractivity contribution in [2.45, 2.75) is 31.7 Å². The van der Waals surface area contributed by atoms with Gasteiger partial charge in [0.1, 0.15) is 13.2 Å². The molecule has 3 aliphatic rings. The zero-order chi connectivity index (χ0) is 17.1. The number of hydrogen-bond donors (Lipinski definition) is 1. The maximum atomic E-state index is 12.3. The first-order valence-corrected chi connectivity index (χ1v) is 9.44. The molecule has 0 bridgehead atoms. The summed E-state index contributed by atoms with van der Waals surface area (Å²) >= 11 is 0. The van der Waals surface area contributed by atoms with Crippen LogP contribution in [-0.2, 0) is 4.79 Å². The number of hydrogen-bond acceptors (Lipinski definition) is 5. The van der Waals surface area contributed by atoms with Crippen LogP contribution in [0.3, 0.4) is 0 Å². The van der Waals surface area contributed by atoms with Gasteiger partial charge in [0, 0.05) is 44.0 Å². The maximum Gasteiger partial charge on any atom is 0.238 e. The first kappa shape index (κ1) is 16.7. The van der Waals surface area contributed by atoms with Gasteiger partial charge in [0.25, 0.3) is 0 Å². The van der Waals surface area contributed by atoms with Crippen molar-refractivity contribution in [2.75, 3.05) is 51.3 Å². The number of nitrogens with zero attached hydrogens (tertiary/aromatic N) is 2. The summed E-state index contributed by atoms with van der Waals surface area (Å²) in [6.07, 6.45) is 5.46. The van der Waals surface area contributed by atoms with E-state index in [4.69, 9.17) is 9.47 Å². The quantitative estimate of drug-likeness (QED) is 0.904. The van der Waals surface area contributed by atoms with E-state index in [0.29, 0.717) is 25.5 Å². The number of anilines is 1. The third-order valence-electron chi connectivity index (χ3n) is 5.44. The predicted octanol–water partition coefficient (Wildman–Crippen LogP) is 1.96. The molecule has 2 fully saturated rings. The Morgan fingerprint density at radius 1 is 1.04 bits per heavy atom. The van der Waals surface area contributed by atoms with Gasteiger partial charge >= 0.3 is 0 Å². The SMILES string of the molecule is O=C(CN1CCN(C2CCCC2)CC1)Nc1ccc2c(c1)OCCO2. The average Bonchev–Trinajstić information content (AvgIpc) is 3.17. The maximum absolute atomic E-state index is 12.3. The minimum atomic E-state index is 0.0333. The van der Waals surface area contributed by atoms with Crippen LogP contribution < -0.4 is 14.8 Å². The van der Waals surface area contributed by atoms with E-state index in [9.17, 15) is 4.79 Å². The number of carbonyl (C=O) groups excluding carboxylic acids is 1. The Kier molecular flexibility index (Phi) is 5.08. The Morgan fingerprint density at radius 2 is 1.76 bits per heavy atom. The molecule has 1 aromatic rings. The largest absolute Gasteiger partial charge is 0.486 e. The third-order valence-corrected chi connectivity index (χ3v) is 5.44. The Hall–Kier alpha value is -1.79. The van der Waals surface area contributed by atoms with Gasteiger partial charge in [-0.2, -0.15) is 0 Å². The van der Waals surface area contributed by atoms with Crippen molar-refractivity contribution in [3.63, 3.8) is 0 Å². The predicted molar refractivity (Wildman–Crippen MR) is 96.3 cm³/mol. The van der Waals surface area contributed by atoms with Crippen LogP contribution in [0.5, 0.6) is 11.5 Å². The standard InChI is InChI=1S/C19H27N3O3/c23-19(20-15-5-6-17-18(13-15)25-12-11-24-17)14-21-7-9-22(10-8-21)16-3-1-2-4-16/h5-6,13,16H,1-4,7-12,14H2,(H,20,23). The van der Waals surface area contributed by atoms with E-state index in [-0.39, 0.29) is 5.91 Å². The van der Waals surface area contributed by atoms with Crippen LogP contribution in [-0.4, -0.2) is 67.7 Å². The summed E-state index contributed by atoms with van der Waals surface area (Å²) < 4.78 is 11.1. The molecule has 1 aliphatic carbocycles. The van der Waals surface area contributed by atoms with Crippen molar-refractivity contribution in [1.82, 2.24) is 9.80 Å². The fourth-order valence-electron chi connectivity index (χ4n) is 4.08. The van der Waals surface area contributed by atoms with Gasteiger partial charge in [-0.1, -0.05) is 12.8 Å². The Morgan fingerprint density at radius 3 is 2.52 bits per heavy atom. The van der Waals surface area contributed by atoms with Crippen LogP contribution in [0.2, 0.25) is 0 Å². The first-order valence-electron chi connectivity index (χ1n) is 9.44. The van der Waals surface area contributed by atoms with Gasteiger partial charge in [-0.3, -0.25) is 14.6 Å². The fourth-order valence-corrected chi connectivity index (χ4v) is 4.08. The summed E-state index contributed by atoms with van der Waals surface area (Å²) in [5.74, 6) is 1.48. The number of nitrogens with one attached hydrogen (secondary N) is 1. The minimum Gasteiger partial charge on any atom is -0.486 e. The van der Waals surface area contributed by atoms with Crippen molar-refractivity contribution >= 4 is 11.6 Å². The molecule has 0 atom stereocenters. The molecule has 1 N–H and O–H groups in total. The van der Waals surface area contributed by atoms with Gasteiger partial charge in [0.15, 0.2) is 11.5 Å². The van der Waals surface area contributed by atoms with Gasteiger partial charge in [0.2, 0.25) is 5.91 Å². The monoisotopic (exact) mass is 345 g/mol. The number of fused-ring (bicyclic) bond motifs is 1. The third kappa shape index (κ3) is 4.07. The molecule has 1 aromatic carbocycles. The highest BCUT2D eigenvalue weighted by molar-refractivity contribution is 5.92. The number of amides is 1. The summed E-state index contributed by atoms with van der Waals surface area (Å²) in [6.45, 7) is 5.70. The molecule has 2 heterocycles. The van der Waals surface area contributed by atoms with Gasteiger partial charge < -0.3 is 14.8 Å². The summed E-state index contributed by atoms with van der Waals surface area (Å²) in [6, 6.07) is 6.34. The molecule has 0 spiro atoms. The van der Waals surface area contributed by atoms with Crippen molar-refractivity contribution in [1.29, 1.82) is 0 Å². The lowest BCUT2D eigenvalue weighted by molar-refractivity contribution is -0.117. The zero-order valence-corrected chi connectivity index (χ0v) is 14.7. The van der Waals surface area contributed by atoms with E-state index in [1.54, 1.807) is 0 Å². The summed E-state index contributed by atoms with van der Waals surface area (Å²) in [5, 5.41) is 2.98. The molecular formula is C19H27N3O3. The molecular weight excluding hydrogens is 318 g/mol. The summed E-state index contributed by atoms with van der Waals surface area (Å²) in [7, 11) is 0. The lowest BCUT2D eigenvalue weighted by Crippen LogP contribution is -2.51. The average molecular weight is 345 g/mol. The molecule has 6 nitrogen and oxygen atoms in total. The van der Waals surface area contributed by atoms with Gasteiger partial charge in [0.05, 0.1) is 6.54 Å². The Bertz CT molecular complexity index is 608. The highest BCUT2D eigenvalue weighted by Gasteiger charge is 2.26. The highest BCUT2D eigenvalue weighted by Crippen LogP contribution is 2.32. The minimum absolute atomic E-state index is 0.0333. The fraction of sp³-hybridized carbons (Fsp3) is 0.632. The van der Waals surface area contributed by atoms with Crippen molar-refractivity contribution in [3.05, 3.63) is 18.2 Å². The molecule has 0 aromatic heterocycles. The van der Waals surface area contributed by atoms with Gasteiger partial charge in [-0.25, -0.2) is 0 Å². The van der Waals surface area contributed by atoms with E-state index < -0.39 is 0 Å². The van der Waals surface area contributed by atoms with E-state index in [1.165, 1.54) is 25.7 Å². The van der Waals surface area contributed by atoms with Crippen LogP contribution >= 0.6 is 0 Å². The molecule has 2 aliphatic heterocycles. The lowest BCUT2D eigenvalue weighted by atomic mass is 10.2. The van der Waals surface area contributed by atoms with Crippen molar-refractivity contribution in [2.24, 2.45) is 0 Å². The second-order valence-corrected chi connectivity index (χ2v) is 7.16. The molecule has 1 saturated heterocycles. The number of rotatable bonds is 4. The molecule has 1 saturated carbocycles. The van der Waals surface area contributed by atoms with Gasteiger partial charge in [-0.05, 0) is 25.0 Å². The van der Waals surface area contributed by atoms with Gasteiger partial charge in [-0.15, -0.1) is 0 Å². The molecule has 136 valence electrons. The number of carbonyl (C=O) groups is 1. The van der Waals surface area contributed by atoms with E-state index >= 15 is 0 Å². The molecule has 0 unspecified atom stereocenters. The molecule has 6 heteroatoms. The summed E-state index contributed by atoms with van der Waals surface area (Å²) in [5.41, 5.74) is 0.763. The van der Waals surface area contributed by atoms with Crippen LogP contribution in [0, 0.1) is 0 Å². The second kappa shape index (κ2) is 7.62. The lowest BCUT2D eigenvalue weighted by Gasteiger charge is -2.37. The highest BCUT2D eigenvalue weighted by atomic mass is 16.6. The van der Waals surface area contributed by atoms with Crippen molar-refractivity contribution in [3.8, 4) is 11.5 Å². The van der Waals surface area contributed by atoms with E-state index in [1.807, 2.05) is 18.2 Å². The van der Waals surface area contributed by atoms with Crippen molar-refractivity contribution < 1.29 is 14.3 Å². The smallest absolute Gasteiger partial charge is 0.238 e. The number of piperazine rings is 1. The van der Waals surface area contributed by atoms with Crippen LogP contribution in [0.4, 0.5) is 5.69 Å². The van der Waals surface area contributed by atoms with E-state index in [2.05, 4.69) is 15.1 Å². The van der Waals surface area contributed by atoms with Crippen LogP contribution in [0.25, 0.3) is 0 Å². The second-order valence-electron chi connectivity index (χ2n) is 7.16. The molecule has 1 amide bonds. The Labute approximate surface area is 149 Å².